The zero-order chi connectivity index (χ0) is 17.9. The molecule has 1 aromatic rings. The van der Waals surface area contributed by atoms with E-state index >= 15 is 0 Å². The molecule has 1 unspecified atom stereocenters. The van der Waals surface area contributed by atoms with Crippen LogP contribution >= 0.6 is 35.3 Å². The number of guanidine groups is 1. The Morgan fingerprint density at radius 1 is 1.24 bits per heavy atom. The third kappa shape index (κ3) is 8.68. The van der Waals surface area contributed by atoms with Crippen LogP contribution in [0.1, 0.15) is 43.5 Å². The number of aryl methyl sites for hydroxylation is 1. The highest BCUT2D eigenvalue weighted by Gasteiger charge is 2.20. The van der Waals surface area contributed by atoms with Gasteiger partial charge in [0.1, 0.15) is 0 Å². The summed E-state index contributed by atoms with van der Waals surface area (Å²) in [5.74, 6) is 1.58. The van der Waals surface area contributed by atoms with Crippen LogP contribution in [0.25, 0.3) is 0 Å². The first-order valence-electron chi connectivity index (χ1n) is 9.10. The van der Waals surface area contributed by atoms with E-state index in [1.165, 1.54) is 22.7 Å². The Kier molecular flexibility index (Phi) is 13.5. The van der Waals surface area contributed by atoms with Gasteiger partial charge in [-0.2, -0.15) is 0 Å². The van der Waals surface area contributed by atoms with Crippen molar-refractivity contribution in [2.24, 2.45) is 10.9 Å². The highest BCUT2D eigenvalue weighted by atomic mass is 127. The van der Waals surface area contributed by atoms with Crippen molar-refractivity contribution >= 4 is 41.3 Å². The van der Waals surface area contributed by atoms with Gasteiger partial charge in [-0.05, 0) is 26.4 Å². The number of nitrogens with zero attached hydrogens (tertiary/aromatic N) is 3. The summed E-state index contributed by atoms with van der Waals surface area (Å²) in [5.41, 5.74) is 0. The number of hydrogen-bond acceptors (Lipinski definition) is 4. The molecule has 0 aromatic carbocycles. The molecule has 25 heavy (non-hydrogen) atoms. The molecule has 0 bridgehead atoms. The first-order chi connectivity index (χ1) is 11.5. The van der Waals surface area contributed by atoms with Gasteiger partial charge in [0.2, 0.25) is 0 Å². The van der Waals surface area contributed by atoms with Crippen LogP contribution in [0, 0.1) is 5.92 Å². The number of halogens is 1. The molecule has 146 valence electrons. The van der Waals surface area contributed by atoms with Crippen LogP contribution in [0.2, 0.25) is 0 Å². The van der Waals surface area contributed by atoms with Crippen molar-refractivity contribution in [1.82, 2.24) is 20.5 Å². The molecule has 2 N–H and O–H groups in total. The predicted molar refractivity (Wildman–Crippen MR) is 122 cm³/mol. The highest BCUT2D eigenvalue weighted by molar-refractivity contribution is 14.0. The Hall–Kier alpha value is -0.410. The smallest absolute Gasteiger partial charge is 0.191 e. The van der Waals surface area contributed by atoms with E-state index in [-0.39, 0.29) is 24.0 Å². The van der Waals surface area contributed by atoms with Gasteiger partial charge in [-0.15, -0.1) is 35.3 Å². The third-order valence-electron chi connectivity index (χ3n) is 4.54. The first-order valence-corrected chi connectivity index (χ1v) is 9.91. The average molecular weight is 481 g/mol. The van der Waals surface area contributed by atoms with Gasteiger partial charge in [-0.1, -0.05) is 33.6 Å². The minimum Gasteiger partial charge on any atom is -0.356 e. The third-order valence-corrected chi connectivity index (χ3v) is 5.74. The Bertz CT molecular complexity index is 486. The van der Waals surface area contributed by atoms with Crippen LogP contribution in [0.5, 0.6) is 0 Å². The summed E-state index contributed by atoms with van der Waals surface area (Å²) >= 11 is 1.81. The molecule has 1 aromatic heterocycles. The second kappa shape index (κ2) is 13.7. The van der Waals surface area contributed by atoms with Crippen LogP contribution in [-0.4, -0.2) is 56.1 Å². The van der Waals surface area contributed by atoms with E-state index in [1.807, 2.05) is 13.2 Å². The van der Waals surface area contributed by atoms with Crippen molar-refractivity contribution in [3.63, 3.8) is 0 Å². The minimum atomic E-state index is 0. The second-order valence-corrected chi connectivity index (χ2v) is 7.51. The molecule has 0 saturated heterocycles. The summed E-state index contributed by atoms with van der Waals surface area (Å²) in [7, 11) is 6.15. The van der Waals surface area contributed by atoms with Crippen LogP contribution in [-0.2, 0) is 12.8 Å². The van der Waals surface area contributed by atoms with Crippen molar-refractivity contribution in [1.29, 1.82) is 0 Å². The Labute approximate surface area is 175 Å². The molecule has 0 amide bonds. The largest absolute Gasteiger partial charge is 0.356 e. The Morgan fingerprint density at radius 3 is 2.40 bits per heavy atom. The number of hydrogen-bond donors (Lipinski definition) is 2. The molecule has 7 heteroatoms. The molecule has 0 spiro atoms. The lowest BCUT2D eigenvalue weighted by Gasteiger charge is -2.32. The van der Waals surface area contributed by atoms with Crippen LogP contribution in [0.3, 0.4) is 0 Å². The molecule has 0 saturated carbocycles. The minimum absolute atomic E-state index is 0. The number of nitrogens with one attached hydrogen (secondary N) is 2. The summed E-state index contributed by atoms with van der Waals surface area (Å²) in [5, 5.41) is 8.08. The van der Waals surface area contributed by atoms with Crippen LogP contribution in [0.15, 0.2) is 11.2 Å². The number of rotatable bonds is 10. The van der Waals surface area contributed by atoms with Gasteiger partial charge in [0.05, 0.1) is 5.01 Å². The number of likely N-dealkylation sites (N-methyl/N-ethyl adjacent to an activating group) is 1. The van der Waals surface area contributed by atoms with E-state index in [4.69, 9.17) is 0 Å². The fourth-order valence-corrected chi connectivity index (χ4v) is 3.80. The molecule has 1 atom stereocenters. The fraction of sp³-hybridized carbons (Fsp3) is 0.778. The molecular formula is C18H36IN5S. The molecule has 0 aliphatic carbocycles. The van der Waals surface area contributed by atoms with E-state index in [2.05, 4.69) is 60.4 Å². The van der Waals surface area contributed by atoms with Gasteiger partial charge in [0.25, 0.3) is 0 Å². The van der Waals surface area contributed by atoms with E-state index in [0.717, 1.165) is 31.9 Å². The van der Waals surface area contributed by atoms with Crippen molar-refractivity contribution in [3.05, 3.63) is 16.1 Å². The van der Waals surface area contributed by atoms with Crippen molar-refractivity contribution in [2.75, 3.05) is 34.2 Å². The standard InChI is InChI=1S/C18H35N5S.HI/c1-7-14(8-2)16(23(5)6)13-22-18(19-4)20-11-10-17-21-12-15(9-3)24-17;/h12,14,16H,7-11,13H2,1-6H3,(H2,19,20,22);1H. The van der Waals surface area contributed by atoms with Gasteiger partial charge >= 0.3 is 0 Å². The van der Waals surface area contributed by atoms with Gasteiger partial charge in [0, 0.05) is 43.7 Å². The zero-order valence-corrected chi connectivity index (χ0v) is 19.8. The molecule has 0 radical (unpaired) electrons. The monoisotopic (exact) mass is 481 g/mol. The summed E-state index contributed by atoms with van der Waals surface area (Å²) in [6.45, 7) is 8.49. The molecule has 0 aliphatic rings. The molecule has 1 rings (SSSR count). The van der Waals surface area contributed by atoms with E-state index in [0.29, 0.717) is 12.0 Å². The molecule has 0 aliphatic heterocycles. The molecule has 1 heterocycles. The molecule has 0 fully saturated rings. The van der Waals surface area contributed by atoms with Gasteiger partial charge < -0.3 is 15.5 Å². The second-order valence-electron chi connectivity index (χ2n) is 6.31. The quantitative estimate of drug-likeness (QED) is 0.306. The maximum absolute atomic E-state index is 4.46. The predicted octanol–water partition coefficient (Wildman–Crippen LogP) is 3.40. The number of aromatic nitrogens is 1. The molecular weight excluding hydrogens is 445 g/mol. The summed E-state index contributed by atoms with van der Waals surface area (Å²) in [6, 6.07) is 0.518. The average Bonchev–Trinajstić information content (AvgIpc) is 3.04. The lowest BCUT2D eigenvalue weighted by atomic mass is 9.93. The van der Waals surface area contributed by atoms with Crippen LogP contribution < -0.4 is 10.6 Å². The SMILES string of the molecule is CCc1cnc(CCNC(=NC)NCC(C(CC)CC)N(C)C)s1.I. The summed E-state index contributed by atoms with van der Waals surface area (Å²) in [4.78, 5) is 12.5. The van der Waals surface area contributed by atoms with E-state index in [1.54, 1.807) is 11.3 Å². The Morgan fingerprint density at radius 2 is 1.92 bits per heavy atom. The highest BCUT2D eigenvalue weighted by Crippen LogP contribution is 2.16. The Balaban J connectivity index is 0.00000576. The summed E-state index contributed by atoms with van der Waals surface area (Å²) in [6.07, 6.45) is 6.41. The first kappa shape index (κ1) is 24.6. The van der Waals surface area contributed by atoms with Gasteiger partial charge in [0.15, 0.2) is 5.96 Å². The van der Waals surface area contributed by atoms with Crippen molar-refractivity contribution < 1.29 is 0 Å². The number of thiazole rings is 1. The maximum atomic E-state index is 4.46. The molecule has 5 nitrogen and oxygen atoms in total. The lowest BCUT2D eigenvalue weighted by molar-refractivity contribution is 0.200. The van der Waals surface area contributed by atoms with Crippen molar-refractivity contribution in [3.8, 4) is 0 Å². The van der Waals surface area contributed by atoms with Crippen molar-refractivity contribution in [2.45, 2.75) is 52.5 Å². The van der Waals surface area contributed by atoms with Gasteiger partial charge in [-0.25, -0.2) is 4.98 Å². The fourth-order valence-electron chi connectivity index (χ4n) is 2.94. The van der Waals surface area contributed by atoms with Gasteiger partial charge in [-0.3, -0.25) is 4.99 Å². The van der Waals surface area contributed by atoms with E-state index in [9.17, 15) is 0 Å². The topological polar surface area (TPSA) is 52.6 Å². The summed E-state index contributed by atoms with van der Waals surface area (Å²) < 4.78 is 0. The van der Waals surface area contributed by atoms with E-state index < -0.39 is 0 Å². The van der Waals surface area contributed by atoms with Crippen LogP contribution in [0.4, 0.5) is 0 Å². The maximum Gasteiger partial charge on any atom is 0.191 e. The number of aliphatic imine (C=N–C) groups is 1. The normalized spacial score (nSPS) is 13.0. The zero-order valence-electron chi connectivity index (χ0n) is 16.6. The lowest BCUT2D eigenvalue weighted by Crippen LogP contribution is -2.48.